The number of benzene rings is 1. The van der Waals surface area contributed by atoms with Gasteiger partial charge in [0, 0.05) is 47.5 Å². The normalized spacial score (nSPS) is 11.3. The molecule has 0 saturated carbocycles. The van der Waals surface area contributed by atoms with Crippen molar-refractivity contribution in [3.63, 3.8) is 0 Å². The van der Waals surface area contributed by atoms with Gasteiger partial charge in [-0.1, -0.05) is 0 Å². The van der Waals surface area contributed by atoms with E-state index in [2.05, 4.69) is 15.0 Å². The first-order valence-corrected chi connectivity index (χ1v) is 8.40. The molecular formula is C21H13FN4O. The summed E-state index contributed by atoms with van der Waals surface area (Å²) in [6.45, 7) is 0. The van der Waals surface area contributed by atoms with E-state index in [9.17, 15) is 9.18 Å². The Bertz CT molecular complexity index is 1350. The van der Waals surface area contributed by atoms with E-state index >= 15 is 0 Å². The highest BCUT2D eigenvalue weighted by atomic mass is 19.1. The highest BCUT2D eigenvalue weighted by Crippen LogP contribution is 2.32. The minimum absolute atomic E-state index is 0.105. The number of fused-ring (bicyclic) bond motifs is 2. The van der Waals surface area contributed by atoms with Gasteiger partial charge >= 0.3 is 0 Å². The van der Waals surface area contributed by atoms with Crippen LogP contribution in [0.2, 0.25) is 0 Å². The lowest BCUT2D eigenvalue weighted by molar-refractivity contribution is 0.628. The first-order chi connectivity index (χ1) is 13.2. The van der Waals surface area contributed by atoms with Gasteiger partial charge in [0.1, 0.15) is 17.1 Å². The zero-order valence-corrected chi connectivity index (χ0v) is 14.1. The maximum Gasteiger partial charge on any atom is 0.191 e. The van der Waals surface area contributed by atoms with Crippen molar-refractivity contribution in [2.24, 2.45) is 0 Å². The van der Waals surface area contributed by atoms with E-state index in [4.69, 9.17) is 0 Å². The summed E-state index contributed by atoms with van der Waals surface area (Å²) in [5, 5.41) is 0.504. The molecule has 4 heterocycles. The highest BCUT2D eigenvalue weighted by Gasteiger charge is 2.14. The third kappa shape index (κ3) is 2.58. The molecule has 0 aliphatic rings. The van der Waals surface area contributed by atoms with Crippen molar-refractivity contribution in [2.45, 2.75) is 0 Å². The molecule has 27 heavy (non-hydrogen) atoms. The summed E-state index contributed by atoms with van der Waals surface area (Å²) in [6.07, 6.45) is 7.10. The van der Waals surface area contributed by atoms with Crippen LogP contribution in [-0.2, 0) is 0 Å². The van der Waals surface area contributed by atoms with Crippen LogP contribution in [0.1, 0.15) is 0 Å². The monoisotopic (exact) mass is 356 g/mol. The maximum absolute atomic E-state index is 13.4. The largest absolute Gasteiger partial charge is 0.346 e. The van der Waals surface area contributed by atoms with E-state index in [1.807, 2.05) is 35.0 Å². The molecule has 1 N–H and O–H groups in total. The number of aromatic nitrogens is 4. The number of hydrogen-bond donors (Lipinski definition) is 1. The predicted molar refractivity (Wildman–Crippen MR) is 102 cm³/mol. The van der Waals surface area contributed by atoms with Crippen molar-refractivity contribution in [3.8, 4) is 22.4 Å². The minimum atomic E-state index is -0.311. The van der Waals surface area contributed by atoms with Gasteiger partial charge in [-0.15, -0.1) is 0 Å². The summed E-state index contributed by atoms with van der Waals surface area (Å²) in [4.78, 5) is 24.3. The van der Waals surface area contributed by atoms with Gasteiger partial charge in [-0.2, -0.15) is 0 Å². The van der Waals surface area contributed by atoms with Crippen LogP contribution in [0.25, 0.3) is 39.1 Å². The van der Waals surface area contributed by atoms with E-state index in [0.29, 0.717) is 16.7 Å². The molecular weight excluding hydrogens is 343 g/mol. The topological polar surface area (TPSA) is 63.0 Å². The van der Waals surface area contributed by atoms with Crippen molar-refractivity contribution in [3.05, 3.63) is 89.4 Å². The van der Waals surface area contributed by atoms with Crippen molar-refractivity contribution in [2.75, 3.05) is 0 Å². The molecule has 0 atom stereocenters. The average molecular weight is 356 g/mol. The fourth-order valence-corrected chi connectivity index (χ4v) is 3.22. The standard InChI is InChI=1S/C21H13FN4O/c22-15-4-1-13(2-5-15)20-16(11-17-18(27)7-8-24-21(17)25-20)14-3-6-19-23-9-10-26(19)12-14/h1-12H,(H,24,25,27). The zero-order chi connectivity index (χ0) is 18.4. The highest BCUT2D eigenvalue weighted by molar-refractivity contribution is 5.90. The molecule has 5 rings (SSSR count). The average Bonchev–Trinajstić information content (AvgIpc) is 3.16. The SMILES string of the molecule is O=c1cc[nH]c2nc(-c3ccc(F)cc3)c(-c3ccc4nccn4c3)cc12. The summed E-state index contributed by atoms with van der Waals surface area (Å²) in [5.74, 6) is -0.311. The van der Waals surface area contributed by atoms with Crippen LogP contribution >= 0.6 is 0 Å². The number of imidazole rings is 1. The first kappa shape index (κ1) is 15.5. The van der Waals surface area contributed by atoms with Gasteiger partial charge in [0.2, 0.25) is 0 Å². The van der Waals surface area contributed by atoms with Gasteiger partial charge in [0.15, 0.2) is 5.43 Å². The summed E-state index contributed by atoms with van der Waals surface area (Å²) >= 11 is 0. The zero-order valence-electron chi connectivity index (χ0n) is 14.1. The molecule has 5 aromatic rings. The number of rotatable bonds is 2. The van der Waals surface area contributed by atoms with Crippen molar-refractivity contribution in [1.29, 1.82) is 0 Å². The number of hydrogen-bond acceptors (Lipinski definition) is 3. The number of H-pyrrole nitrogens is 1. The van der Waals surface area contributed by atoms with Crippen LogP contribution in [0.5, 0.6) is 0 Å². The van der Waals surface area contributed by atoms with Crippen LogP contribution in [0, 0.1) is 5.82 Å². The fourth-order valence-electron chi connectivity index (χ4n) is 3.22. The maximum atomic E-state index is 13.4. The van der Waals surface area contributed by atoms with Crippen LogP contribution in [0.15, 0.2) is 78.1 Å². The minimum Gasteiger partial charge on any atom is -0.346 e. The summed E-state index contributed by atoms with van der Waals surface area (Å²) in [7, 11) is 0. The van der Waals surface area contributed by atoms with Crippen LogP contribution < -0.4 is 5.43 Å². The van der Waals surface area contributed by atoms with Gasteiger partial charge in [-0.3, -0.25) is 4.79 Å². The van der Waals surface area contributed by atoms with E-state index in [1.165, 1.54) is 18.2 Å². The summed E-state index contributed by atoms with van der Waals surface area (Å²) < 4.78 is 15.3. The summed E-state index contributed by atoms with van der Waals surface area (Å²) in [6, 6.07) is 13.3. The van der Waals surface area contributed by atoms with Crippen LogP contribution in [-0.4, -0.2) is 19.4 Å². The number of aromatic amines is 1. The molecule has 0 fully saturated rings. The third-order valence-electron chi connectivity index (χ3n) is 4.56. The van der Waals surface area contributed by atoms with Crippen molar-refractivity contribution < 1.29 is 4.39 Å². The Morgan fingerprint density at radius 1 is 1.00 bits per heavy atom. The Hall–Kier alpha value is -3.80. The number of pyridine rings is 3. The molecule has 0 bridgehead atoms. The number of nitrogens with zero attached hydrogens (tertiary/aromatic N) is 3. The van der Waals surface area contributed by atoms with Crippen LogP contribution in [0.3, 0.4) is 0 Å². The van der Waals surface area contributed by atoms with Gasteiger partial charge in [0.05, 0.1) is 11.1 Å². The van der Waals surface area contributed by atoms with E-state index in [0.717, 1.165) is 22.3 Å². The second-order valence-corrected chi connectivity index (χ2v) is 6.24. The molecule has 4 aromatic heterocycles. The first-order valence-electron chi connectivity index (χ1n) is 8.40. The van der Waals surface area contributed by atoms with Gasteiger partial charge < -0.3 is 9.38 Å². The lowest BCUT2D eigenvalue weighted by Crippen LogP contribution is -2.03. The molecule has 0 radical (unpaired) electrons. The molecule has 130 valence electrons. The lowest BCUT2D eigenvalue weighted by Gasteiger charge is -2.11. The molecule has 0 aliphatic carbocycles. The second kappa shape index (κ2) is 5.88. The Labute approximate surface area is 152 Å². The van der Waals surface area contributed by atoms with Gasteiger partial charge in [-0.05, 0) is 42.5 Å². The van der Waals surface area contributed by atoms with Gasteiger partial charge in [0.25, 0.3) is 0 Å². The Balaban J connectivity index is 1.84. The Kier molecular flexibility index (Phi) is 3.36. The Morgan fingerprint density at radius 3 is 2.67 bits per heavy atom. The van der Waals surface area contributed by atoms with Crippen molar-refractivity contribution in [1.82, 2.24) is 19.4 Å². The molecule has 6 heteroatoms. The van der Waals surface area contributed by atoms with Gasteiger partial charge in [-0.25, -0.2) is 14.4 Å². The molecule has 1 aromatic carbocycles. The lowest BCUT2D eigenvalue weighted by atomic mass is 9.99. The number of nitrogens with one attached hydrogen (secondary N) is 1. The second-order valence-electron chi connectivity index (χ2n) is 6.24. The summed E-state index contributed by atoms with van der Waals surface area (Å²) in [5.41, 5.74) is 4.33. The van der Waals surface area contributed by atoms with Crippen molar-refractivity contribution >= 4 is 16.7 Å². The third-order valence-corrected chi connectivity index (χ3v) is 4.56. The fraction of sp³-hybridized carbons (Fsp3) is 0. The molecule has 5 nitrogen and oxygen atoms in total. The molecule has 0 saturated heterocycles. The van der Waals surface area contributed by atoms with E-state index in [-0.39, 0.29) is 11.2 Å². The quantitative estimate of drug-likeness (QED) is 0.519. The molecule has 0 amide bonds. The smallest absolute Gasteiger partial charge is 0.191 e. The van der Waals surface area contributed by atoms with Crippen LogP contribution in [0.4, 0.5) is 4.39 Å². The predicted octanol–water partition coefficient (Wildman–Crippen LogP) is 4.04. The van der Waals surface area contributed by atoms with E-state index in [1.54, 1.807) is 24.5 Å². The molecule has 0 spiro atoms. The molecule has 0 unspecified atom stereocenters. The van der Waals surface area contributed by atoms with E-state index < -0.39 is 0 Å². The Morgan fingerprint density at radius 2 is 1.81 bits per heavy atom. The molecule has 0 aliphatic heterocycles. The number of halogens is 1.